The summed E-state index contributed by atoms with van der Waals surface area (Å²) >= 11 is 1.27. The summed E-state index contributed by atoms with van der Waals surface area (Å²) in [6.07, 6.45) is 3.68. The van der Waals surface area contributed by atoms with Gasteiger partial charge in [0.1, 0.15) is 11.6 Å². The van der Waals surface area contributed by atoms with Crippen LogP contribution in [0, 0.1) is 5.82 Å². The molecule has 150 valence electrons. The van der Waals surface area contributed by atoms with E-state index in [4.69, 9.17) is 9.15 Å². The van der Waals surface area contributed by atoms with Gasteiger partial charge in [-0.3, -0.25) is 4.79 Å². The Kier molecular flexibility index (Phi) is 5.85. The number of ether oxygens (including phenoxy) is 1. The Morgan fingerprint density at radius 1 is 1.21 bits per heavy atom. The van der Waals surface area contributed by atoms with Crippen LogP contribution in [-0.2, 0) is 11.3 Å². The smallest absolute Gasteiger partial charge is 0.256 e. The number of methoxy groups -OCH3 is 1. The maximum atomic E-state index is 13.1. The van der Waals surface area contributed by atoms with Crippen molar-refractivity contribution >= 4 is 17.7 Å². The van der Waals surface area contributed by atoms with Crippen LogP contribution < -0.4 is 4.74 Å². The van der Waals surface area contributed by atoms with Crippen LogP contribution in [0.2, 0.25) is 0 Å². The molecule has 7 heteroatoms. The fourth-order valence-corrected chi connectivity index (χ4v) is 3.70. The second kappa shape index (κ2) is 8.69. The number of thioether (sulfide) groups is 1. The van der Waals surface area contributed by atoms with Crippen LogP contribution in [0.5, 0.6) is 5.75 Å². The van der Waals surface area contributed by atoms with Gasteiger partial charge in [-0.1, -0.05) is 23.9 Å². The van der Waals surface area contributed by atoms with Gasteiger partial charge in [0.05, 0.1) is 19.1 Å². The maximum absolute atomic E-state index is 13.1. The lowest BCUT2D eigenvalue weighted by Gasteiger charge is -2.22. The third kappa shape index (κ3) is 4.98. The van der Waals surface area contributed by atoms with Crippen molar-refractivity contribution in [3.63, 3.8) is 0 Å². The van der Waals surface area contributed by atoms with E-state index >= 15 is 0 Å². The number of carbonyl (C=O) groups is 1. The molecule has 1 aliphatic rings. The van der Waals surface area contributed by atoms with Gasteiger partial charge in [-0.05, 0) is 54.8 Å². The largest absolute Gasteiger partial charge is 0.497 e. The lowest BCUT2D eigenvalue weighted by molar-refractivity contribution is -0.129. The molecule has 1 aliphatic carbocycles. The number of carbonyl (C=O) groups excluding carboxylic acids is 1. The number of halogens is 1. The molecule has 0 aliphatic heterocycles. The second-order valence-electron chi connectivity index (χ2n) is 6.89. The van der Waals surface area contributed by atoms with Crippen molar-refractivity contribution in [1.29, 1.82) is 0 Å². The summed E-state index contributed by atoms with van der Waals surface area (Å²) in [6, 6.07) is 14.1. The number of benzene rings is 2. The van der Waals surface area contributed by atoms with E-state index in [-0.39, 0.29) is 17.5 Å². The van der Waals surface area contributed by atoms with Gasteiger partial charge in [-0.25, -0.2) is 9.37 Å². The van der Waals surface area contributed by atoms with E-state index in [2.05, 4.69) is 4.98 Å². The summed E-state index contributed by atoms with van der Waals surface area (Å²) in [4.78, 5) is 19.0. The first-order chi connectivity index (χ1) is 14.1. The summed E-state index contributed by atoms with van der Waals surface area (Å²) < 4.78 is 24.0. The Morgan fingerprint density at radius 3 is 2.59 bits per heavy atom. The number of rotatable bonds is 8. The molecular weight excluding hydrogens is 391 g/mol. The van der Waals surface area contributed by atoms with Crippen LogP contribution in [0.3, 0.4) is 0 Å². The molecule has 29 heavy (non-hydrogen) atoms. The molecule has 0 unspecified atom stereocenters. The van der Waals surface area contributed by atoms with E-state index in [9.17, 15) is 9.18 Å². The lowest BCUT2D eigenvalue weighted by atomic mass is 10.2. The van der Waals surface area contributed by atoms with Crippen LogP contribution in [0.1, 0.15) is 18.4 Å². The minimum atomic E-state index is -0.300. The van der Waals surface area contributed by atoms with Gasteiger partial charge < -0.3 is 14.1 Å². The van der Waals surface area contributed by atoms with E-state index < -0.39 is 0 Å². The molecule has 1 fully saturated rings. The first-order valence-corrected chi connectivity index (χ1v) is 10.4. The predicted octanol–water partition coefficient (Wildman–Crippen LogP) is 4.77. The molecule has 1 aromatic heterocycles. The highest BCUT2D eigenvalue weighted by Crippen LogP contribution is 2.31. The molecule has 3 aromatic rings. The quantitative estimate of drug-likeness (QED) is 0.499. The summed E-state index contributed by atoms with van der Waals surface area (Å²) in [5, 5.41) is 0.429. The second-order valence-corrected chi connectivity index (χ2v) is 7.81. The standard InChI is InChI=1S/C22H21FN2O3S/c1-27-19-10-2-15(3-11-19)13-25(18-8-9-18)21(26)14-29-22-24-12-20(28-22)16-4-6-17(23)7-5-16/h2-7,10-12,18H,8-9,13-14H2,1H3. The molecule has 2 aromatic carbocycles. The SMILES string of the molecule is COc1ccc(CN(C(=O)CSc2ncc(-c3ccc(F)cc3)o2)C2CC2)cc1. The van der Waals surface area contributed by atoms with Gasteiger partial charge in [0.25, 0.3) is 5.22 Å². The molecular formula is C22H21FN2O3S. The zero-order valence-corrected chi connectivity index (χ0v) is 16.8. The average molecular weight is 412 g/mol. The molecule has 0 bridgehead atoms. The third-order valence-corrected chi connectivity index (χ3v) is 5.58. The Balaban J connectivity index is 1.36. The summed E-state index contributed by atoms with van der Waals surface area (Å²) in [5.41, 5.74) is 1.82. The van der Waals surface area contributed by atoms with Crippen molar-refractivity contribution in [2.24, 2.45) is 0 Å². The van der Waals surface area contributed by atoms with Crippen molar-refractivity contribution in [3.05, 3.63) is 66.1 Å². The third-order valence-electron chi connectivity index (χ3n) is 4.75. The molecule has 0 spiro atoms. The van der Waals surface area contributed by atoms with Crippen LogP contribution >= 0.6 is 11.8 Å². The van der Waals surface area contributed by atoms with E-state index in [1.807, 2.05) is 29.2 Å². The van der Waals surface area contributed by atoms with Crippen molar-refractivity contribution in [2.75, 3.05) is 12.9 Å². The first-order valence-electron chi connectivity index (χ1n) is 9.39. The molecule has 1 saturated carbocycles. The number of nitrogens with zero attached hydrogens (tertiary/aromatic N) is 2. The Bertz CT molecular complexity index is 968. The Labute approximate surface area is 172 Å². The zero-order chi connectivity index (χ0) is 20.2. The molecule has 1 amide bonds. The van der Waals surface area contributed by atoms with Crippen molar-refractivity contribution < 1.29 is 18.3 Å². The molecule has 0 saturated heterocycles. The van der Waals surface area contributed by atoms with E-state index in [0.29, 0.717) is 23.6 Å². The number of aromatic nitrogens is 1. The van der Waals surface area contributed by atoms with Crippen molar-refractivity contribution in [1.82, 2.24) is 9.88 Å². The summed E-state index contributed by atoms with van der Waals surface area (Å²) in [5.74, 6) is 1.38. The van der Waals surface area contributed by atoms with Crippen molar-refractivity contribution in [3.8, 4) is 17.1 Å². The number of amides is 1. The maximum Gasteiger partial charge on any atom is 0.256 e. The normalized spacial score (nSPS) is 13.3. The minimum absolute atomic E-state index is 0.0647. The number of hydrogen-bond acceptors (Lipinski definition) is 5. The van der Waals surface area contributed by atoms with Crippen LogP contribution in [0.4, 0.5) is 4.39 Å². The fourth-order valence-electron chi connectivity index (χ4n) is 3.01. The zero-order valence-electron chi connectivity index (χ0n) is 16.0. The highest BCUT2D eigenvalue weighted by Gasteiger charge is 2.32. The van der Waals surface area contributed by atoms with Gasteiger partial charge in [-0.15, -0.1) is 0 Å². The highest BCUT2D eigenvalue weighted by atomic mass is 32.2. The topological polar surface area (TPSA) is 55.6 Å². The molecule has 5 nitrogen and oxygen atoms in total. The monoisotopic (exact) mass is 412 g/mol. The van der Waals surface area contributed by atoms with E-state index in [1.54, 1.807) is 25.4 Å². The highest BCUT2D eigenvalue weighted by molar-refractivity contribution is 7.99. The fraction of sp³-hybridized carbons (Fsp3) is 0.273. The van der Waals surface area contributed by atoms with Gasteiger partial charge in [0, 0.05) is 18.2 Å². The molecule has 0 N–H and O–H groups in total. The van der Waals surface area contributed by atoms with Crippen LogP contribution in [0.15, 0.2) is 64.4 Å². The van der Waals surface area contributed by atoms with Crippen LogP contribution in [-0.4, -0.2) is 34.7 Å². The van der Waals surface area contributed by atoms with Gasteiger partial charge in [0.15, 0.2) is 5.76 Å². The molecule has 0 radical (unpaired) electrons. The number of hydrogen-bond donors (Lipinski definition) is 0. The summed E-state index contributed by atoms with van der Waals surface area (Å²) in [7, 11) is 1.64. The minimum Gasteiger partial charge on any atom is -0.497 e. The van der Waals surface area contributed by atoms with Gasteiger partial charge in [-0.2, -0.15) is 0 Å². The van der Waals surface area contributed by atoms with Gasteiger partial charge in [0.2, 0.25) is 5.91 Å². The van der Waals surface area contributed by atoms with Crippen LogP contribution in [0.25, 0.3) is 11.3 Å². The first kappa shape index (κ1) is 19.5. The Morgan fingerprint density at radius 2 is 1.93 bits per heavy atom. The number of oxazole rings is 1. The molecule has 0 atom stereocenters. The summed E-state index contributed by atoms with van der Waals surface area (Å²) in [6.45, 7) is 0.584. The Hall–Kier alpha value is -2.80. The molecule has 1 heterocycles. The van der Waals surface area contributed by atoms with Crippen molar-refractivity contribution in [2.45, 2.75) is 30.7 Å². The average Bonchev–Trinajstić information content (AvgIpc) is 3.48. The van der Waals surface area contributed by atoms with E-state index in [1.165, 1.54) is 23.9 Å². The lowest BCUT2D eigenvalue weighted by Crippen LogP contribution is -2.33. The van der Waals surface area contributed by atoms with E-state index in [0.717, 1.165) is 29.7 Å². The molecule has 4 rings (SSSR count). The van der Waals surface area contributed by atoms with Gasteiger partial charge >= 0.3 is 0 Å². The predicted molar refractivity (Wildman–Crippen MR) is 109 cm³/mol.